The first kappa shape index (κ1) is 21.0. The Kier molecular flexibility index (Phi) is 6.67. The van der Waals surface area contributed by atoms with Crippen LogP contribution in [-0.4, -0.2) is 32.2 Å². The molecule has 0 fully saturated rings. The van der Waals surface area contributed by atoms with Gasteiger partial charge in [-0.3, -0.25) is 0 Å². The van der Waals surface area contributed by atoms with Crippen LogP contribution in [-0.2, 0) is 28.4 Å². The summed E-state index contributed by atoms with van der Waals surface area (Å²) in [7, 11) is -2.22. The van der Waals surface area contributed by atoms with Crippen LogP contribution in [0.4, 0.5) is 0 Å². The summed E-state index contributed by atoms with van der Waals surface area (Å²) in [5.41, 5.74) is 1.80. The van der Waals surface area contributed by atoms with E-state index in [1.807, 2.05) is 19.1 Å². The van der Waals surface area contributed by atoms with Crippen LogP contribution in [0.15, 0.2) is 29.2 Å². The second-order valence-electron chi connectivity index (χ2n) is 6.02. The molecule has 0 aliphatic heterocycles. The van der Waals surface area contributed by atoms with Crippen molar-refractivity contribution in [1.82, 2.24) is 9.29 Å². The summed E-state index contributed by atoms with van der Waals surface area (Å²) in [6.07, 6.45) is 0. The van der Waals surface area contributed by atoms with E-state index >= 15 is 0 Å². The number of carbonyl (C=O) groups is 1. The Hall–Kier alpha value is -2.32. The highest BCUT2D eigenvalue weighted by molar-refractivity contribution is 7.89. The molecule has 0 unspecified atom stereocenters. The standard InChI is InChI=1S/C19H26N2O5S/c1-6-25-16-11-9-8-10-15(16)12-20-27(23,24)18-14(4)21(5)13(3)17(18)19(22)26-7-2/h8-11,20H,6-7,12H2,1-5H3. The van der Waals surface area contributed by atoms with Crippen LogP contribution in [0.2, 0.25) is 0 Å². The van der Waals surface area contributed by atoms with Gasteiger partial charge < -0.3 is 14.0 Å². The molecule has 1 heterocycles. The van der Waals surface area contributed by atoms with Crippen molar-refractivity contribution >= 4 is 16.0 Å². The number of hydrogen-bond acceptors (Lipinski definition) is 5. The number of sulfonamides is 1. The van der Waals surface area contributed by atoms with Crippen LogP contribution < -0.4 is 9.46 Å². The zero-order chi connectivity index (χ0) is 20.2. The second kappa shape index (κ2) is 8.58. The number of ether oxygens (including phenoxy) is 2. The molecule has 8 heteroatoms. The van der Waals surface area contributed by atoms with E-state index in [-0.39, 0.29) is 23.6 Å². The SMILES string of the molecule is CCOC(=O)c1c(S(=O)(=O)NCc2ccccc2OCC)c(C)n(C)c1C. The highest BCUT2D eigenvalue weighted by Crippen LogP contribution is 2.27. The van der Waals surface area contributed by atoms with Gasteiger partial charge in [-0.15, -0.1) is 0 Å². The fraction of sp³-hybridized carbons (Fsp3) is 0.421. The Morgan fingerprint density at radius 3 is 2.41 bits per heavy atom. The molecule has 0 saturated carbocycles. The molecule has 1 N–H and O–H groups in total. The zero-order valence-electron chi connectivity index (χ0n) is 16.3. The molecule has 0 aliphatic rings. The summed E-state index contributed by atoms with van der Waals surface area (Å²) in [6, 6.07) is 7.22. The molecule has 0 radical (unpaired) electrons. The number of esters is 1. The minimum atomic E-state index is -3.94. The lowest BCUT2D eigenvalue weighted by atomic mass is 10.2. The molecule has 0 spiro atoms. The summed E-state index contributed by atoms with van der Waals surface area (Å²) < 4.78 is 40.9. The van der Waals surface area contributed by atoms with Crippen molar-refractivity contribution in [3.8, 4) is 5.75 Å². The third-order valence-corrected chi connectivity index (χ3v) is 5.96. The molecule has 0 amide bonds. The quantitative estimate of drug-likeness (QED) is 0.696. The van der Waals surface area contributed by atoms with E-state index in [9.17, 15) is 13.2 Å². The van der Waals surface area contributed by atoms with Gasteiger partial charge in [-0.25, -0.2) is 17.9 Å². The van der Waals surface area contributed by atoms with Gasteiger partial charge >= 0.3 is 5.97 Å². The van der Waals surface area contributed by atoms with E-state index in [1.165, 1.54) is 0 Å². The summed E-state index contributed by atoms with van der Waals surface area (Å²) in [5.74, 6) is -0.0249. The monoisotopic (exact) mass is 394 g/mol. The minimum absolute atomic E-state index is 0.0464. The Morgan fingerprint density at radius 2 is 1.78 bits per heavy atom. The second-order valence-corrected chi connectivity index (χ2v) is 7.72. The predicted molar refractivity (Wildman–Crippen MR) is 102 cm³/mol. The van der Waals surface area contributed by atoms with Gasteiger partial charge in [0.05, 0.1) is 13.2 Å². The number of rotatable bonds is 8. The third kappa shape index (κ3) is 4.33. The first-order chi connectivity index (χ1) is 12.7. The van der Waals surface area contributed by atoms with E-state index in [1.54, 1.807) is 44.5 Å². The smallest absolute Gasteiger partial charge is 0.341 e. The predicted octanol–water partition coefficient (Wildman–Crippen LogP) is 2.70. The molecule has 1 aromatic carbocycles. The van der Waals surface area contributed by atoms with Crippen molar-refractivity contribution in [1.29, 1.82) is 0 Å². The van der Waals surface area contributed by atoms with Crippen molar-refractivity contribution in [2.75, 3.05) is 13.2 Å². The van der Waals surface area contributed by atoms with Gasteiger partial charge in [0.25, 0.3) is 0 Å². The maximum atomic E-state index is 13.0. The van der Waals surface area contributed by atoms with E-state index in [4.69, 9.17) is 9.47 Å². The minimum Gasteiger partial charge on any atom is -0.494 e. The molecular formula is C19H26N2O5S. The van der Waals surface area contributed by atoms with Gasteiger partial charge in [-0.1, -0.05) is 18.2 Å². The zero-order valence-corrected chi connectivity index (χ0v) is 17.1. The van der Waals surface area contributed by atoms with Crippen molar-refractivity contribution in [3.63, 3.8) is 0 Å². The van der Waals surface area contributed by atoms with Crippen LogP contribution in [0, 0.1) is 13.8 Å². The largest absolute Gasteiger partial charge is 0.494 e. The molecule has 0 atom stereocenters. The van der Waals surface area contributed by atoms with Crippen LogP contribution in [0.3, 0.4) is 0 Å². The summed E-state index contributed by atoms with van der Waals surface area (Å²) >= 11 is 0. The number of hydrogen-bond donors (Lipinski definition) is 1. The Morgan fingerprint density at radius 1 is 1.11 bits per heavy atom. The fourth-order valence-electron chi connectivity index (χ4n) is 2.88. The molecular weight excluding hydrogens is 368 g/mol. The molecule has 2 aromatic rings. The number of aromatic nitrogens is 1. The lowest BCUT2D eigenvalue weighted by Crippen LogP contribution is -2.26. The lowest BCUT2D eigenvalue weighted by Gasteiger charge is -2.12. The van der Waals surface area contributed by atoms with Gasteiger partial charge in [0.2, 0.25) is 10.0 Å². The Bertz CT molecular complexity index is 932. The van der Waals surface area contributed by atoms with Crippen LogP contribution >= 0.6 is 0 Å². The summed E-state index contributed by atoms with van der Waals surface area (Å²) in [6.45, 7) is 7.60. The maximum absolute atomic E-state index is 13.0. The highest BCUT2D eigenvalue weighted by Gasteiger charge is 2.31. The van der Waals surface area contributed by atoms with Gasteiger partial charge in [0.15, 0.2) is 0 Å². The normalized spacial score (nSPS) is 11.4. The van der Waals surface area contributed by atoms with Gasteiger partial charge in [-0.05, 0) is 33.8 Å². The number of carbonyl (C=O) groups excluding carboxylic acids is 1. The van der Waals surface area contributed by atoms with Gasteiger partial charge in [0, 0.05) is 30.5 Å². The van der Waals surface area contributed by atoms with Crippen molar-refractivity contribution in [3.05, 3.63) is 46.8 Å². The maximum Gasteiger partial charge on any atom is 0.341 e. The molecule has 27 heavy (non-hydrogen) atoms. The van der Waals surface area contributed by atoms with Crippen LogP contribution in [0.25, 0.3) is 0 Å². The molecule has 0 saturated heterocycles. The lowest BCUT2D eigenvalue weighted by molar-refractivity contribution is 0.0521. The third-order valence-electron chi connectivity index (χ3n) is 4.40. The number of benzene rings is 1. The van der Waals surface area contributed by atoms with Crippen LogP contribution in [0.5, 0.6) is 5.75 Å². The molecule has 7 nitrogen and oxygen atoms in total. The molecule has 2 rings (SSSR count). The highest BCUT2D eigenvalue weighted by atomic mass is 32.2. The number of para-hydroxylation sites is 1. The topological polar surface area (TPSA) is 86.6 Å². The first-order valence-corrected chi connectivity index (χ1v) is 10.3. The van der Waals surface area contributed by atoms with Crippen molar-refractivity contribution in [2.24, 2.45) is 7.05 Å². The molecule has 0 bridgehead atoms. The van der Waals surface area contributed by atoms with E-state index in [0.29, 0.717) is 29.3 Å². The average Bonchev–Trinajstić information content (AvgIpc) is 2.86. The Labute approximate surface area is 160 Å². The van der Waals surface area contributed by atoms with Gasteiger partial charge in [-0.2, -0.15) is 0 Å². The summed E-state index contributed by atoms with van der Waals surface area (Å²) in [5, 5.41) is 0. The fourth-order valence-corrected chi connectivity index (χ4v) is 4.40. The van der Waals surface area contributed by atoms with E-state index in [0.717, 1.165) is 0 Å². The first-order valence-electron chi connectivity index (χ1n) is 8.77. The Balaban J connectivity index is 2.40. The van der Waals surface area contributed by atoms with E-state index in [2.05, 4.69) is 4.72 Å². The van der Waals surface area contributed by atoms with Crippen LogP contribution in [0.1, 0.15) is 41.2 Å². The summed E-state index contributed by atoms with van der Waals surface area (Å²) in [4.78, 5) is 12.3. The molecule has 0 aliphatic carbocycles. The number of nitrogens with one attached hydrogen (secondary N) is 1. The number of nitrogens with zero attached hydrogens (tertiary/aromatic N) is 1. The van der Waals surface area contributed by atoms with Gasteiger partial charge in [0.1, 0.15) is 16.2 Å². The van der Waals surface area contributed by atoms with E-state index < -0.39 is 16.0 Å². The molecule has 148 valence electrons. The average molecular weight is 394 g/mol. The van der Waals surface area contributed by atoms with Crippen molar-refractivity contribution < 1.29 is 22.7 Å². The van der Waals surface area contributed by atoms with Crippen molar-refractivity contribution in [2.45, 2.75) is 39.1 Å². The molecule has 1 aromatic heterocycles.